The van der Waals surface area contributed by atoms with E-state index in [1.807, 2.05) is 0 Å². The van der Waals surface area contributed by atoms with Crippen LogP contribution in [-0.2, 0) is 9.31 Å². The molecule has 2 heterocycles. The third-order valence-electron chi connectivity index (χ3n) is 5.17. The summed E-state index contributed by atoms with van der Waals surface area (Å²) in [5.74, 6) is 2.19. The smallest absolute Gasteiger partial charge is 0.400 e. The summed E-state index contributed by atoms with van der Waals surface area (Å²) in [6.07, 6.45) is 2.16. The topological polar surface area (TPSA) is 21.7 Å². The first kappa shape index (κ1) is 15.6. The van der Waals surface area contributed by atoms with Crippen molar-refractivity contribution >= 4 is 12.8 Å². The molecule has 3 nitrogen and oxygen atoms in total. The number of anilines is 1. The summed E-state index contributed by atoms with van der Waals surface area (Å²) < 4.78 is 12.1. The Balaban J connectivity index is 1.60. The molecule has 0 aliphatic carbocycles. The molecular formula is C18H26BNO2. The third kappa shape index (κ3) is 3.08. The average molecular weight is 299 g/mol. The summed E-state index contributed by atoms with van der Waals surface area (Å²) in [6.45, 7) is 10.5. The largest absolute Gasteiger partial charge is 0.487 e. The van der Waals surface area contributed by atoms with Crippen molar-refractivity contribution in [1.82, 2.24) is 0 Å². The lowest BCUT2D eigenvalue weighted by atomic mass is 9.84. The third-order valence-corrected chi connectivity index (χ3v) is 5.17. The molecule has 1 aromatic carbocycles. The van der Waals surface area contributed by atoms with Crippen molar-refractivity contribution in [3.8, 4) is 0 Å². The minimum absolute atomic E-state index is 0.205. The fourth-order valence-electron chi connectivity index (χ4n) is 3.01. The zero-order valence-corrected chi connectivity index (χ0v) is 14.1. The van der Waals surface area contributed by atoms with Crippen molar-refractivity contribution < 1.29 is 9.31 Å². The number of hydrogen-bond donors (Lipinski definition) is 0. The van der Waals surface area contributed by atoms with Crippen LogP contribution in [0.5, 0.6) is 0 Å². The Hall–Kier alpha value is -1.26. The molecule has 2 aliphatic rings. The standard InChI is InChI=1S/C18H26BNO2/c1-17(2)18(3,4)22-19(21-17)14-15-10-12-20(13-11-15)16-8-6-5-7-9-16/h5-9,14H,10-13H2,1-4H3. The van der Waals surface area contributed by atoms with Gasteiger partial charge in [-0.1, -0.05) is 29.7 Å². The Morgan fingerprint density at radius 3 is 2.05 bits per heavy atom. The second-order valence-corrected chi connectivity index (χ2v) is 7.27. The van der Waals surface area contributed by atoms with Crippen molar-refractivity contribution in [3.05, 3.63) is 41.9 Å². The Bertz CT molecular complexity index is 527. The van der Waals surface area contributed by atoms with Gasteiger partial charge in [0.2, 0.25) is 0 Å². The molecule has 2 fully saturated rings. The maximum Gasteiger partial charge on any atom is 0.487 e. The van der Waals surface area contributed by atoms with Gasteiger partial charge in [-0.3, -0.25) is 0 Å². The summed E-state index contributed by atoms with van der Waals surface area (Å²) in [7, 11) is -0.205. The summed E-state index contributed by atoms with van der Waals surface area (Å²) in [4.78, 5) is 2.45. The fraction of sp³-hybridized carbons (Fsp3) is 0.556. The van der Waals surface area contributed by atoms with E-state index in [1.165, 1.54) is 11.3 Å². The lowest BCUT2D eigenvalue weighted by Crippen LogP contribution is -2.41. The molecule has 118 valence electrons. The lowest BCUT2D eigenvalue weighted by molar-refractivity contribution is 0.00578. The Kier molecular flexibility index (Phi) is 4.08. The molecule has 0 unspecified atom stereocenters. The summed E-state index contributed by atoms with van der Waals surface area (Å²) in [6, 6.07) is 10.6. The molecule has 0 N–H and O–H groups in total. The Morgan fingerprint density at radius 1 is 0.955 bits per heavy atom. The van der Waals surface area contributed by atoms with E-state index in [1.54, 1.807) is 0 Å². The van der Waals surface area contributed by atoms with E-state index in [0.717, 1.165) is 25.9 Å². The predicted molar refractivity (Wildman–Crippen MR) is 92.1 cm³/mol. The molecule has 0 aromatic heterocycles. The number of piperidine rings is 1. The molecule has 0 bridgehead atoms. The van der Waals surface area contributed by atoms with Gasteiger partial charge in [0.05, 0.1) is 11.2 Å². The summed E-state index contributed by atoms with van der Waals surface area (Å²) in [5.41, 5.74) is 2.27. The van der Waals surface area contributed by atoms with Crippen LogP contribution in [-0.4, -0.2) is 31.4 Å². The van der Waals surface area contributed by atoms with Gasteiger partial charge in [0.1, 0.15) is 0 Å². The van der Waals surface area contributed by atoms with Crippen LogP contribution in [0.1, 0.15) is 40.5 Å². The van der Waals surface area contributed by atoms with Crippen LogP contribution in [0.2, 0.25) is 0 Å². The summed E-state index contributed by atoms with van der Waals surface area (Å²) >= 11 is 0. The van der Waals surface area contributed by atoms with E-state index < -0.39 is 0 Å². The molecule has 0 spiro atoms. The maximum atomic E-state index is 6.07. The molecule has 4 heteroatoms. The zero-order valence-electron chi connectivity index (χ0n) is 14.1. The van der Waals surface area contributed by atoms with Gasteiger partial charge >= 0.3 is 7.12 Å². The van der Waals surface area contributed by atoms with E-state index >= 15 is 0 Å². The fourth-order valence-corrected chi connectivity index (χ4v) is 3.01. The lowest BCUT2D eigenvalue weighted by Gasteiger charge is -2.32. The average Bonchev–Trinajstić information content (AvgIpc) is 2.68. The van der Waals surface area contributed by atoms with Crippen molar-refractivity contribution in [2.45, 2.75) is 51.7 Å². The van der Waals surface area contributed by atoms with Crippen molar-refractivity contribution in [2.24, 2.45) is 0 Å². The molecular weight excluding hydrogens is 273 g/mol. The molecule has 3 rings (SSSR count). The van der Waals surface area contributed by atoms with E-state index in [9.17, 15) is 0 Å². The minimum Gasteiger partial charge on any atom is -0.400 e. The van der Waals surface area contributed by atoms with E-state index in [4.69, 9.17) is 9.31 Å². The highest BCUT2D eigenvalue weighted by molar-refractivity contribution is 6.51. The van der Waals surface area contributed by atoms with E-state index in [0.29, 0.717) is 0 Å². The number of hydrogen-bond acceptors (Lipinski definition) is 3. The minimum atomic E-state index is -0.251. The highest BCUT2D eigenvalue weighted by Gasteiger charge is 2.50. The second-order valence-electron chi connectivity index (χ2n) is 7.27. The van der Waals surface area contributed by atoms with Gasteiger partial charge in [0, 0.05) is 18.8 Å². The second kappa shape index (κ2) is 5.75. The number of para-hydroxylation sites is 1. The van der Waals surface area contributed by atoms with Crippen molar-refractivity contribution in [1.29, 1.82) is 0 Å². The highest BCUT2D eigenvalue weighted by atomic mass is 16.7. The van der Waals surface area contributed by atoms with Gasteiger partial charge < -0.3 is 14.2 Å². The summed E-state index contributed by atoms with van der Waals surface area (Å²) in [5, 5.41) is 0. The van der Waals surface area contributed by atoms with Crippen LogP contribution in [0.3, 0.4) is 0 Å². The molecule has 2 saturated heterocycles. The molecule has 0 radical (unpaired) electrons. The molecule has 0 saturated carbocycles. The van der Waals surface area contributed by atoms with Gasteiger partial charge in [-0.05, 0) is 52.7 Å². The molecule has 22 heavy (non-hydrogen) atoms. The van der Waals surface area contributed by atoms with Crippen LogP contribution >= 0.6 is 0 Å². The van der Waals surface area contributed by atoms with Crippen LogP contribution in [0.4, 0.5) is 5.69 Å². The zero-order chi connectivity index (χ0) is 15.8. The van der Waals surface area contributed by atoms with Crippen molar-refractivity contribution in [3.63, 3.8) is 0 Å². The molecule has 2 aliphatic heterocycles. The number of benzene rings is 1. The molecule has 0 atom stereocenters. The quantitative estimate of drug-likeness (QED) is 0.774. The first-order valence-electron chi connectivity index (χ1n) is 8.23. The van der Waals surface area contributed by atoms with Gasteiger partial charge in [-0.15, -0.1) is 0 Å². The monoisotopic (exact) mass is 299 g/mol. The maximum absolute atomic E-state index is 6.07. The van der Waals surface area contributed by atoms with Crippen LogP contribution in [0, 0.1) is 0 Å². The molecule has 1 aromatic rings. The van der Waals surface area contributed by atoms with E-state index in [-0.39, 0.29) is 18.3 Å². The van der Waals surface area contributed by atoms with Crippen LogP contribution in [0.15, 0.2) is 41.9 Å². The first-order valence-corrected chi connectivity index (χ1v) is 8.23. The van der Waals surface area contributed by atoms with Gasteiger partial charge in [0.15, 0.2) is 0 Å². The van der Waals surface area contributed by atoms with Crippen molar-refractivity contribution in [2.75, 3.05) is 18.0 Å². The SMILES string of the molecule is CC1(C)OB(C=C2CCN(c3ccccc3)CC2)OC1(C)C. The normalized spacial score (nSPS) is 23.7. The van der Waals surface area contributed by atoms with Gasteiger partial charge in [0.25, 0.3) is 0 Å². The van der Waals surface area contributed by atoms with E-state index in [2.05, 4.69) is 68.9 Å². The Labute approximate surface area is 134 Å². The van der Waals surface area contributed by atoms with Gasteiger partial charge in [-0.2, -0.15) is 0 Å². The van der Waals surface area contributed by atoms with Crippen LogP contribution < -0.4 is 4.90 Å². The Morgan fingerprint density at radius 2 is 1.50 bits per heavy atom. The number of rotatable bonds is 2. The predicted octanol–water partition coefficient (Wildman–Crippen LogP) is 3.84. The molecule has 0 amide bonds. The van der Waals surface area contributed by atoms with Gasteiger partial charge in [-0.25, -0.2) is 0 Å². The first-order chi connectivity index (χ1) is 10.4. The van der Waals surface area contributed by atoms with Crippen LogP contribution in [0.25, 0.3) is 0 Å². The highest BCUT2D eigenvalue weighted by Crippen LogP contribution is 2.37. The number of nitrogens with zero attached hydrogens (tertiary/aromatic N) is 1.